The van der Waals surface area contributed by atoms with Crippen LogP contribution < -0.4 is 16.4 Å². The van der Waals surface area contributed by atoms with Crippen molar-refractivity contribution in [1.29, 1.82) is 0 Å². The van der Waals surface area contributed by atoms with E-state index >= 15 is 0 Å². The molecule has 0 saturated carbocycles. The fourth-order valence-electron chi connectivity index (χ4n) is 1.42. The van der Waals surface area contributed by atoms with E-state index in [1.807, 2.05) is 0 Å². The van der Waals surface area contributed by atoms with Crippen molar-refractivity contribution in [3.8, 4) is 0 Å². The molecule has 1 amide bonds. The van der Waals surface area contributed by atoms with Crippen LogP contribution in [0.2, 0.25) is 0 Å². The molecule has 1 aliphatic heterocycles. The fraction of sp³-hybridized carbons (Fsp3) is 0.667. The number of nitrogens with zero attached hydrogens (tertiary/aromatic N) is 1. The number of carbonyl (C=O) groups is 1. The van der Waals surface area contributed by atoms with E-state index in [4.69, 9.17) is 5.73 Å². The van der Waals surface area contributed by atoms with Crippen LogP contribution in [0.25, 0.3) is 0 Å². The highest BCUT2D eigenvalue weighted by Gasteiger charge is 2.38. The lowest BCUT2D eigenvalue weighted by atomic mass is 10.1. The molecule has 0 aromatic carbocycles. The zero-order chi connectivity index (χ0) is 12.0. The molecular weight excluding hydrogens is 227 g/mol. The molecule has 0 radical (unpaired) electrons. The van der Waals surface area contributed by atoms with E-state index in [9.17, 15) is 9.36 Å². The molecule has 1 rings (SSSR count). The second kappa shape index (κ2) is 6.70. The molecule has 0 aromatic heterocycles. The van der Waals surface area contributed by atoms with Crippen molar-refractivity contribution in [3.05, 3.63) is 12.7 Å². The summed E-state index contributed by atoms with van der Waals surface area (Å²) in [6, 6.07) is -0.511. The Balaban J connectivity index is 2.34. The number of hydrogen-bond donors (Lipinski definition) is 3. The third-order valence-electron chi connectivity index (χ3n) is 2.32. The van der Waals surface area contributed by atoms with Crippen LogP contribution in [0.5, 0.6) is 0 Å². The van der Waals surface area contributed by atoms with Gasteiger partial charge in [-0.25, -0.2) is 5.43 Å². The average Bonchev–Trinajstić information content (AvgIpc) is 2.28. The van der Waals surface area contributed by atoms with Crippen LogP contribution in [0.3, 0.4) is 0 Å². The number of carbonyl (C=O) groups excluding carboxylic acids is 1. The summed E-state index contributed by atoms with van der Waals surface area (Å²) >= 11 is 0. The molecule has 90 valence electrons. The van der Waals surface area contributed by atoms with Gasteiger partial charge in [-0.3, -0.25) is 4.79 Å². The lowest BCUT2D eigenvalue weighted by Crippen LogP contribution is -2.47. The molecular formula is C9H18N4O2P+. The number of rotatable bonds is 6. The molecule has 2 atom stereocenters. The highest BCUT2D eigenvalue weighted by atomic mass is 31.1. The van der Waals surface area contributed by atoms with E-state index in [-0.39, 0.29) is 5.91 Å². The number of hydrogen-bond acceptors (Lipinski definition) is 4. The Hall–Kier alpha value is -0.810. The number of nitrogens with two attached hydrogens (primary N) is 1. The van der Waals surface area contributed by atoms with E-state index in [1.54, 1.807) is 6.08 Å². The maximum Gasteiger partial charge on any atom is 0.581 e. The molecule has 16 heavy (non-hydrogen) atoms. The Labute approximate surface area is 96.1 Å². The number of amides is 1. The van der Waals surface area contributed by atoms with Crippen molar-refractivity contribution < 1.29 is 9.36 Å². The zero-order valence-corrected chi connectivity index (χ0v) is 10.1. The third-order valence-corrected chi connectivity index (χ3v) is 3.51. The van der Waals surface area contributed by atoms with Crippen molar-refractivity contribution in [2.45, 2.75) is 25.3 Å². The maximum absolute atomic E-state index is 11.7. The molecule has 4 N–H and O–H groups in total. The Kier molecular flexibility index (Phi) is 5.55. The summed E-state index contributed by atoms with van der Waals surface area (Å²) in [5, 5.41) is 2.60. The second-order valence-electron chi connectivity index (χ2n) is 3.60. The van der Waals surface area contributed by atoms with E-state index in [2.05, 4.69) is 17.2 Å². The minimum atomic E-state index is -1.92. The van der Waals surface area contributed by atoms with Crippen LogP contribution >= 0.6 is 8.10 Å². The molecule has 1 fully saturated rings. The fourth-order valence-corrected chi connectivity index (χ4v) is 2.44. The standard InChI is InChI=1S/C9H18N4O2P/c1-2-3-6-11-12-16(15)13-7-4-5-8(10)9(13)14/h2,8,11H,1,3-7,10H2,(H,12,15)/q+1/t8-/m0/s1. The monoisotopic (exact) mass is 245 g/mol. The van der Waals surface area contributed by atoms with Crippen molar-refractivity contribution >= 4 is 14.0 Å². The van der Waals surface area contributed by atoms with Crippen molar-refractivity contribution in [1.82, 2.24) is 15.3 Å². The van der Waals surface area contributed by atoms with Crippen LogP contribution in [0, 0.1) is 0 Å². The first-order valence-electron chi connectivity index (χ1n) is 5.30. The van der Waals surface area contributed by atoms with Gasteiger partial charge in [-0.05, 0) is 29.0 Å². The minimum Gasteiger partial charge on any atom is -0.320 e. The highest BCUT2D eigenvalue weighted by molar-refractivity contribution is 7.40. The van der Waals surface area contributed by atoms with Crippen LogP contribution in [0.1, 0.15) is 19.3 Å². The molecule has 0 spiro atoms. The van der Waals surface area contributed by atoms with Gasteiger partial charge in [-0.2, -0.15) is 0 Å². The molecule has 1 heterocycles. The summed E-state index contributed by atoms with van der Waals surface area (Å²) < 4.78 is 13.0. The summed E-state index contributed by atoms with van der Waals surface area (Å²) in [6.07, 6.45) is 3.98. The van der Waals surface area contributed by atoms with Crippen molar-refractivity contribution in [3.63, 3.8) is 0 Å². The lowest BCUT2D eigenvalue weighted by Gasteiger charge is -2.21. The summed E-state index contributed by atoms with van der Waals surface area (Å²) in [4.78, 5) is 11.6. The SMILES string of the molecule is C=CCCNN[P+](=O)N1CCC[C@H](N)C1=O. The first-order chi connectivity index (χ1) is 7.66. The van der Waals surface area contributed by atoms with Gasteiger partial charge in [0.15, 0.2) is 0 Å². The summed E-state index contributed by atoms with van der Waals surface area (Å²) in [5.41, 5.74) is 8.38. The smallest absolute Gasteiger partial charge is 0.320 e. The quantitative estimate of drug-likeness (QED) is 0.270. The Morgan fingerprint density at radius 1 is 1.69 bits per heavy atom. The van der Waals surface area contributed by atoms with Crippen LogP contribution in [0.15, 0.2) is 12.7 Å². The average molecular weight is 245 g/mol. The normalized spacial score (nSPS) is 22.1. The summed E-state index contributed by atoms with van der Waals surface area (Å²) in [6.45, 7) is 4.69. The summed E-state index contributed by atoms with van der Waals surface area (Å²) in [5.74, 6) is -0.245. The van der Waals surface area contributed by atoms with Gasteiger partial charge in [-0.1, -0.05) is 6.08 Å². The van der Waals surface area contributed by atoms with E-state index in [0.29, 0.717) is 19.5 Å². The molecule has 0 bridgehead atoms. The van der Waals surface area contributed by atoms with Crippen LogP contribution in [0.4, 0.5) is 0 Å². The summed E-state index contributed by atoms with van der Waals surface area (Å²) in [7, 11) is -1.92. The molecule has 0 aromatic rings. The largest absolute Gasteiger partial charge is 0.581 e. The predicted octanol–water partition coefficient (Wildman–Crippen LogP) is 0.264. The van der Waals surface area contributed by atoms with Crippen LogP contribution in [-0.4, -0.2) is 29.7 Å². The molecule has 1 aliphatic rings. The molecule has 0 aliphatic carbocycles. The zero-order valence-electron chi connectivity index (χ0n) is 9.19. The molecule has 7 heteroatoms. The first kappa shape index (κ1) is 13.3. The van der Waals surface area contributed by atoms with E-state index in [0.717, 1.165) is 12.8 Å². The van der Waals surface area contributed by atoms with Gasteiger partial charge in [-0.15, -0.1) is 11.2 Å². The van der Waals surface area contributed by atoms with Gasteiger partial charge in [0.1, 0.15) is 0 Å². The highest BCUT2D eigenvalue weighted by Crippen LogP contribution is 2.26. The molecule has 1 saturated heterocycles. The topological polar surface area (TPSA) is 87.5 Å². The van der Waals surface area contributed by atoms with Gasteiger partial charge in [0, 0.05) is 6.54 Å². The van der Waals surface area contributed by atoms with Crippen molar-refractivity contribution in [2.75, 3.05) is 13.1 Å². The number of piperidine rings is 1. The molecule has 6 nitrogen and oxygen atoms in total. The van der Waals surface area contributed by atoms with Crippen LogP contribution in [-0.2, 0) is 9.36 Å². The van der Waals surface area contributed by atoms with Crippen molar-refractivity contribution in [2.24, 2.45) is 5.73 Å². The van der Waals surface area contributed by atoms with E-state index in [1.165, 1.54) is 4.67 Å². The second-order valence-corrected chi connectivity index (χ2v) is 4.85. The predicted molar refractivity (Wildman–Crippen MR) is 62.5 cm³/mol. The van der Waals surface area contributed by atoms with Gasteiger partial charge in [0.25, 0.3) is 5.91 Å². The number of hydrazine groups is 1. The Bertz CT molecular complexity index is 285. The van der Waals surface area contributed by atoms with Gasteiger partial charge < -0.3 is 5.73 Å². The van der Waals surface area contributed by atoms with Gasteiger partial charge in [0.2, 0.25) is 0 Å². The maximum atomic E-state index is 11.7. The van der Waals surface area contributed by atoms with Gasteiger partial charge in [0.05, 0.1) is 12.6 Å². The first-order valence-corrected chi connectivity index (χ1v) is 6.51. The molecule has 1 unspecified atom stereocenters. The number of nitrogens with one attached hydrogen (secondary N) is 2. The Morgan fingerprint density at radius 2 is 2.44 bits per heavy atom. The Morgan fingerprint density at radius 3 is 3.12 bits per heavy atom. The lowest BCUT2D eigenvalue weighted by molar-refractivity contribution is -0.129. The van der Waals surface area contributed by atoms with E-state index < -0.39 is 14.1 Å². The third kappa shape index (κ3) is 3.64. The van der Waals surface area contributed by atoms with Gasteiger partial charge >= 0.3 is 8.10 Å². The minimum absolute atomic E-state index is 0.245.